The molecule has 3 amide bonds. The van der Waals surface area contributed by atoms with Gasteiger partial charge in [-0.3, -0.25) is 14.4 Å². The second kappa shape index (κ2) is 11.9. The molecule has 3 aromatic rings. The first kappa shape index (κ1) is 24.2. The van der Waals surface area contributed by atoms with Crippen molar-refractivity contribution in [3.63, 3.8) is 0 Å². The van der Waals surface area contributed by atoms with Crippen LogP contribution < -0.4 is 10.6 Å². The second-order valence-electron chi connectivity index (χ2n) is 8.43. The highest BCUT2D eigenvalue weighted by Gasteiger charge is 2.33. The summed E-state index contributed by atoms with van der Waals surface area (Å²) in [5, 5.41) is 9.66. The molecule has 1 saturated carbocycles. The maximum Gasteiger partial charge on any atom is 0.261 e. The predicted octanol–water partition coefficient (Wildman–Crippen LogP) is 4.76. The molecule has 0 bridgehead atoms. The van der Waals surface area contributed by atoms with Crippen LogP contribution in [0.2, 0.25) is 0 Å². The molecule has 1 atom stereocenters. The third-order valence-corrected chi connectivity index (χ3v) is 7.78. The van der Waals surface area contributed by atoms with Crippen LogP contribution >= 0.6 is 22.7 Å². The lowest BCUT2D eigenvalue weighted by atomic mass is 9.95. The molecule has 0 saturated heterocycles. The van der Waals surface area contributed by atoms with Crippen LogP contribution in [0.15, 0.2) is 65.4 Å². The second-order valence-corrected chi connectivity index (χ2v) is 10.4. The third-order valence-electron chi connectivity index (χ3n) is 5.99. The Bertz CT molecular complexity index is 1060. The fourth-order valence-electron chi connectivity index (χ4n) is 4.25. The molecule has 34 heavy (non-hydrogen) atoms. The summed E-state index contributed by atoms with van der Waals surface area (Å²) in [7, 11) is 0. The maximum atomic E-state index is 13.6. The fraction of sp³-hybridized carbons (Fsp3) is 0.346. The van der Waals surface area contributed by atoms with Crippen LogP contribution in [0, 0.1) is 0 Å². The number of nitrogens with zero attached hydrogens (tertiary/aromatic N) is 1. The molecule has 2 N–H and O–H groups in total. The first-order valence-electron chi connectivity index (χ1n) is 11.6. The van der Waals surface area contributed by atoms with E-state index in [0.717, 1.165) is 36.1 Å². The molecule has 1 fully saturated rings. The van der Waals surface area contributed by atoms with Crippen LogP contribution in [0.5, 0.6) is 0 Å². The van der Waals surface area contributed by atoms with Crippen molar-refractivity contribution in [2.24, 2.45) is 0 Å². The summed E-state index contributed by atoms with van der Waals surface area (Å²) in [4.78, 5) is 42.5. The Labute approximate surface area is 208 Å². The molecule has 8 heteroatoms. The molecule has 1 aliphatic carbocycles. The van der Waals surface area contributed by atoms with Gasteiger partial charge in [-0.15, -0.1) is 22.7 Å². The van der Waals surface area contributed by atoms with E-state index in [9.17, 15) is 14.4 Å². The summed E-state index contributed by atoms with van der Waals surface area (Å²) >= 11 is 2.78. The average Bonchev–Trinajstić information content (AvgIpc) is 3.58. The van der Waals surface area contributed by atoms with Crippen molar-refractivity contribution >= 4 is 40.4 Å². The lowest BCUT2D eigenvalue weighted by Crippen LogP contribution is -2.48. The Morgan fingerprint density at radius 1 is 0.912 bits per heavy atom. The molecule has 0 aliphatic heterocycles. The van der Waals surface area contributed by atoms with Crippen molar-refractivity contribution < 1.29 is 14.4 Å². The summed E-state index contributed by atoms with van der Waals surface area (Å²) in [6.45, 7) is 0.0946. The van der Waals surface area contributed by atoms with E-state index in [1.165, 1.54) is 29.1 Å². The summed E-state index contributed by atoms with van der Waals surface area (Å²) < 4.78 is 0. The first-order chi connectivity index (χ1) is 16.6. The molecule has 0 radical (unpaired) electrons. The number of benzene rings is 1. The Kier molecular flexibility index (Phi) is 8.49. The topological polar surface area (TPSA) is 78.5 Å². The SMILES string of the molecule is O=C(NCC(=O)N(Cc1ccccc1)[C@H](C(=O)NC1CCCCC1)c1cccs1)c1cccs1. The third kappa shape index (κ3) is 6.33. The van der Waals surface area contributed by atoms with Crippen molar-refractivity contribution in [2.75, 3.05) is 6.54 Å². The summed E-state index contributed by atoms with van der Waals surface area (Å²) in [5.41, 5.74) is 0.924. The van der Waals surface area contributed by atoms with Crippen molar-refractivity contribution in [2.45, 2.75) is 50.7 Å². The molecule has 6 nitrogen and oxygen atoms in total. The van der Waals surface area contributed by atoms with Crippen LogP contribution in [-0.2, 0) is 16.1 Å². The normalized spacial score (nSPS) is 14.8. The molecule has 0 unspecified atom stereocenters. The lowest BCUT2D eigenvalue weighted by molar-refractivity contribution is -0.141. The molecule has 2 heterocycles. The highest BCUT2D eigenvalue weighted by Crippen LogP contribution is 2.28. The minimum Gasteiger partial charge on any atom is -0.351 e. The zero-order valence-corrected chi connectivity index (χ0v) is 20.6. The van der Waals surface area contributed by atoms with E-state index in [1.54, 1.807) is 17.0 Å². The highest BCUT2D eigenvalue weighted by molar-refractivity contribution is 7.12. The number of nitrogens with one attached hydrogen (secondary N) is 2. The van der Waals surface area contributed by atoms with E-state index in [4.69, 9.17) is 0 Å². The number of amides is 3. The minimum absolute atomic E-state index is 0.135. The van der Waals surface area contributed by atoms with Gasteiger partial charge in [-0.1, -0.05) is 61.7 Å². The van der Waals surface area contributed by atoms with E-state index in [0.29, 0.717) is 4.88 Å². The van der Waals surface area contributed by atoms with E-state index in [2.05, 4.69) is 10.6 Å². The largest absolute Gasteiger partial charge is 0.351 e. The van der Waals surface area contributed by atoms with E-state index >= 15 is 0 Å². The Hall–Kier alpha value is -2.97. The smallest absolute Gasteiger partial charge is 0.261 e. The lowest BCUT2D eigenvalue weighted by Gasteiger charge is -2.33. The molecule has 2 aromatic heterocycles. The highest BCUT2D eigenvalue weighted by atomic mass is 32.1. The monoisotopic (exact) mass is 495 g/mol. The van der Waals surface area contributed by atoms with Crippen LogP contribution in [0.25, 0.3) is 0 Å². The molecule has 0 spiro atoms. The summed E-state index contributed by atoms with van der Waals surface area (Å²) in [5.74, 6) is -0.753. The van der Waals surface area contributed by atoms with Gasteiger partial charge < -0.3 is 15.5 Å². The minimum atomic E-state index is -0.756. The standard InChI is InChI=1S/C26H29N3O3S2/c30-23(17-27-25(31)22-14-8-16-34-22)29(18-19-9-3-1-4-10-19)24(21-13-7-15-33-21)26(32)28-20-11-5-2-6-12-20/h1,3-4,7-10,13-16,20,24H,2,5-6,11-12,17-18H2,(H,27,31)(H,28,32)/t24-/m0/s1. The zero-order valence-electron chi connectivity index (χ0n) is 18.9. The van der Waals surface area contributed by atoms with Gasteiger partial charge in [0.2, 0.25) is 11.8 Å². The quantitative estimate of drug-likeness (QED) is 0.449. The molecule has 178 valence electrons. The number of rotatable bonds is 9. The number of thiophene rings is 2. The van der Waals surface area contributed by atoms with Gasteiger partial charge in [-0.05, 0) is 41.3 Å². The van der Waals surface area contributed by atoms with E-state index < -0.39 is 6.04 Å². The van der Waals surface area contributed by atoms with Crippen LogP contribution in [0.4, 0.5) is 0 Å². The fourth-order valence-corrected chi connectivity index (χ4v) is 5.73. The number of hydrogen-bond acceptors (Lipinski definition) is 5. The van der Waals surface area contributed by atoms with E-state index in [1.807, 2.05) is 53.2 Å². The molecule has 1 aromatic carbocycles. The molecular weight excluding hydrogens is 466 g/mol. The van der Waals surface area contributed by atoms with Gasteiger partial charge in [0.05, 0.1) is 11.4 Å². The van der Waals surface area contributed by atoms with Gasteiger partial charge in [0.25, 0.3) is 5.91 Å². The Balaban J connectivity index is 1.57. The van der Waals surface area contributed by atoms with Crippen molar-refractivity contribution in [1.29, 1.82) is 0 Å². The maximum absolute atomic E-state index is 13.6. The predicted molar refractivity (Wildman–Crippen MR) is 136 cm³/mol. The van der Waals surface area contributed by atoms with Gasteiger partial charge in [0, 0.05) is 17.5 Å². The first-order valence-corrected chi connectivity index (χ1v) is 13.4. The number of hydrogen-bond donors (Lipinski definition) is 2. The van der Waals surface area contributed by atoms with Gasteiger partial charge in [-0.2, -0.15) is 0 Å². The average molecular weight is 496 g/mol. The molecule has 4 rings (SSSR count). The Morgan fingerprint density at radius 2 is 1.65 bits per heavy atom. The Morgan fingerprint density at radius 3 is 2.32 bits per heavy atom. The van der Waals surface area contributed by atoms with Crippen LogP contribution in [-0.4, -0.2) is 35.2 Å². The van der Waals surface area contributed by atoms with Crippen molar-refractivity contribution in [1.82, 2.24) is 15.5 Å². The molecular formula is C26H29N3O3S2. The van der Waals surface area contributed by atoms with Gasteiger partial charge in [0.1, 0.15) is 6.04 Å². The van der Waals surface area contributed by atoms with Crippen LogP contribution in [0.1, 0.15) is 58.3 Å². The molecule has 1 aliphatic rings. The van der Waals surface area contributed by atoms with Crippen LogP contribution in [0.3, 0.4) is 0 Å². The van der Waals surface area contributed by atoms with Crippen molar-refractivity contribution in [3.05, 3.63) is 80.7 Å². The number of carbonyl (C=O) groups excluding carboxylic acids is 3. The van der Waals surface area contributed by atoms with E-state index in [-0.39, 0.29) is 36.9 Å². The van der Waals surface area contributed by atoms with Crippen molar-refractivity contribution in [3.8, 4) is 0 Å². The number of carbonyl (C=O) groups is 3. The summed E-state index contributed by atoms with van der Waals surface area (Å²) in [6, 6.07) is 16.3. The summed E-state index contributed by atoms with van der Waals surface area (Å²) in [6.07, 6.45) is 5.34. The van der Waals surface area contributed by atoms with Gasteiger partial charge in [-0.25, -0.2) is 0 Å². The van der Waals surface area contributed by atoms with Gasteiger partial charge in [0.15, 0.2) is 0 Å². The van der Waals surface area contributed by atoms with Gasteiger partial charge >= 0.3 is 0 Å². The zero-order chi connectivity index (χ0) is 23.8.